The zero-order valence-electron chi connectivity index (χ0n) is 7.87. The van der Waals surface area contributed by atoms with Gasteiger partial charge in [0.1, 0.15) is 0 Å². The van der Waals surface area contributed by atoms with Crippen molar-refractivity contribution in [1.29, 1.82) is 0 Å². The normalized spacial score (nSPS) is 18.8. The van der Waals surface area contributed by atoms with E-state index in [0.29, 0.717) is 12.5 Å². The van der Waals surface area contributed by atoms with Crippen LogP contribution in [0.1, 0.15) is 19.8 Å². The molecular weight excluding hydrogens is 152 g/mol. The Morgan fingerprint density at radius 2 is 1.75 bits per heavy atom. The Morgan fingerprint density at radius 1 is 1.17 bits per heavy atom. The SMILES string of the molecule is CC(CCCN)C(N)C(N)CN. The standard InChI is InChI=1S/C8H22N4/c1-6(3-2-4-9)8(12)7(11)5-10/h6-8H,2-5,9-12H2,1H3. The summed E-state index contributed by atoms with van der Waals surface area (Å²) < 4.78 is 0. The van der Waals surface area contributed by atoms with Gasteiger partial charge in [0, 0.05) is 18.6 Å². The third-order valence-corrected chi connectivity index (χ3v) is 2.29. The van der Waals surface area contributed by atoms with Crippen LogP contribution in [0.3, 0.4) is 0 Å². The minimum atomic E-state index is -0.0854. The summed E-state index contributed by atoms with van der Waals surface area (Å²) in [5.41, 5.74) is 22.4. The largest absolute Gasteiger partial charge is 0.330 e. The van der Waals surface area contributed by atoms with E-state index in [4.69, 9.17) is 22.9 Å². The third kappa shape index (κ3) is 4.01. The van der Waals surface area contributed by atoms with Gasteiger partial charge in [-0.25, -0.2) is 0 Å². The Balaban J connectivity index is 3.67. The van der Waals surface area contributed by atoms with Gasteiger partial charge in [-0.3, -0.25) is 0 Å². The Bertz CT molecular complexity index is 107. The van der Waals surface area contributed by atoms with Crippen molar-refractivity contribution in [3.05, 3.63) is 0 Å². The molecule has 0 aliphatic heterocycles. The second kappa shape index (κ2) is 6.37. The summed E-state index contributed by atoms with van der Waals surface area (Å²) >= 11 is 0. The highest BCUT2D eigenvalue weighted by atomic mass is 14.8. The molecule has 0 spiro atoms. The van der Waals surface area contributed by atoms with E-state index in [1.807, 2.05) is 0 Å². The predicted molar refractivity (Wildman–Crippen MR) is 52.5 cm³/mol. The van der Waals surface area contributed by atoms with Crippen LogP contribution in [0, 0.1) is 5.92 Å². The number of hydrogen-bond donors (Lipinski definition) is 4. The van der Waals surface area contributed by atoms with Crippen molar-refractivity contribution in [3.8, 4) is 0 Å². The Labute approximate surface area is 74.7 Å². The van der Waals surface area contributed by atoms with E-state index in [2.05, 4.69) is 6.92 Å². The first-order valence-corrected chi connectivity index (χ1v) is 4.54. The van der Waals surface area contributed by atoms with Crippen molar-refractivity contribution in [2.24, 2.45) is 28.9 Å². The van der Waals surface area contributed by atoms with Gasteiger partial charge in [0.05, 0.1) is 0 Å². The number of nitrogens with two attached hydrogens (primary N) is 4. The maximum Gasteiger partial charge on any atom is 0.0319 e. The van der Waals surface area contributed by atoms with Crippen molar-refractivity contribution in [2.75, 3.05) is 13.1 Å². The minimum absolute atomic E-state index is 0.00144. The molecule has 3 unspecified atom stereocenters. The number of rotatable bonds is 6. The van der Waals surface area contributed by atoms with Crippen molar-refractivity contribution in [1.82, 2.24) is 0 Å². The second-order valence-corrected chi connectivity index (χ2v) is 3.39. The summed E-state index contributed by atoms with van der Waals surface area (Å²) in [6.07, 6.45) is 2.04. The summed E-state index contributed by atoms with van der Waals surface area (Å²) in [5, 5.41) is 0. The predicted octanol–water partition coefficient (Wildman–Crippen LogP) is -1.03. The highest BCUT2D eigenvalue weighted by molar-refractivity contribution is 4.81. The van der Waals surface area contributed by atoms with Gasteiger partial charge < -0.3 is 22.9 Å². The zero-order valence-corrected chi connectivity index (χ0v) is 7.87. The zero-order chi connectivity index (χ0) is 9.56. The average molecular weight is 174 g/mol. The van der Waals surface area contributed by atoms with Gasteiger partial charge in [0.2, 0.25) is 0 Å². The van der Waals surface area contributed by atoms with Gasteiger partial charge in [-0.15, -0.1) is 0 Å². The van der Waals surface area contributed by atoms with Gasteiger partial charge in [-0.1, -0.05) is 6.92 Å². The molecule has 0 aromatic carbocycles. The van der Waals surface area contributed by atoms with Gasteiger partial charge in [-0.2, -0.15) is 0 Å². The molecule has 0 amide bonds. The molecule has 0 aliphatic rings. The molecule has 0 aliphatic carbocycles. The van der Waals surface area contributed by atoms with Crippen LogP contribution >= 0.6 is 0 Å². The van der Waals surface area contributed by atoms with Crippen LogP contribution < -0.4 is 22.9 Å². The number of hydrogen-bond acceptors (Lipinski definition) is 4. The van der Waals surface area contributed by atoms with Gasteiger partial charge >= 0.3 is 0 Å². The van der Waals surface area contributed by atoms with E-state index in [0.717, 1.165) is 19.4 Å². The van der Waals surface area contributed by atoms with Crippen LogP contribution in [0.2, 0.25) is 0 Å². The minimum Gasteiger partial charge on any atom is -0.330 e. The second-order valence-electron chi connectivity index (χ2n) is 3.39. The molecule has 3 atom stereocenters. The average Bonchev–Trinajstić information content (AvgIpc) is 2.11. The van der Waals surface area contributed by atoms with E-state index >= 15 is 0 Å². The van der Waals surface area contributed by atoms with Crippen LogP contribution in [-0.4, -0.2) is 25.2 Å². The first kappa shape index (κ1) is 11.8. The lowest BCUT2D eigenvalue weighted by atomic mass is 9.92. The molecular formula is C8H22N4. The van der Waals surface area contributed by atoms with Crippen molar-refractivity contribution >= 4 is 0 Å². The molecule has 0 fully saturated rings. The first-order valence-electron chi connectivity index (χ1n) is 4.54. The molecule has 0 saturated heterocycles. The summed E-state index contributed by atoms with van der Waals surface area (Å²) in [6, 6.07) is -0.0840. The molecule has 0 rings (SSSR count). The molecule has 8 N–H and O–H groups in total. The highest BCUT2D eigenvalue weighted by Gasteiger charge is 2.17. The Morgan fingerprint density at radius 3 is 2.17 bits per heavy atom. The quantitative estimate of drug-likeness (QED) is 0.413. The van der Waals surface area contributed by atoms with Crippen LogP contribution in [0.4, 0.5) is 0 Å². The Hall–Kier alpha value is -0.160. The molecule has 0 aromatic rings. The lowest BCUT2D eigenvalue weighted by Crippen LogP contribution is -2.49. The first-order chi connectivity index (χ1) is 5.63. The molecule has 0 heterocycles. The van der Waals surface area contributed by atoms with Crippen LogP contribution in [-0.2, 0) is 0 Å². The molecule has 0 bridgehead atoms. The third-order valence-electron chi connectivity index (χ3n) is 2.29. The fourth-order valence-corrected chi connectivity index (χ4v) is 1.21. The topological polar surface area (TPSA) is 104 Å². The van der Waals surface area contributed by atoms with E-state index in [-0.39, 0.29) is 12.1 Å². The fraction of sp³-hybridized carbons (Fsp3) is 1.00. The molecule has 0 radical (unpaired) electrons. The summed E-state index contributed by atoms with van der Waals surface area (Å²) in [5.74, 6) is 0.409. The van der Waals surface area contributed by atoms with Crippen LogP contribution in [0.15, 0.2) is 0 Å². The van der Waals surface area contributed by atoms with Crippen molar-refractivity contribution in [3.63, 3.8) is 0 Å². The lowest BCUT2D eigenvalue weighted by molar-refractivity contribution is 0.368. The maximum atomic E-state index is 5.87. The monoisotopic (exact) mass is 174 g/mol. The molecule has 74 valence electrons. The van der Waals surface area contributed by atoms with E-state index < -0.39 is 0 Å². The van der Waals surface area contributed by atoms with Gasteiger partial charge in [0.25, 0.3) is 0 Å². The molecule has 4 heteroatoms. The maximum absolute atomic E-state index is 5.87. The highest BCUT2D eigenvalue weighted by Crippen LogP contribution is 2.09. The summed E-state index contributed by atoms with van der Waals surface area (Å²) in [4.78, 5) is 0. The van der Waals surface area contributed by atoms with Gasteiger partial charge in [0.15, 0.2) is 0 Å². The van der Waals surface area contributed by atoms with Crippen molar-refractivity contribution < 1.29 is 0 Å². The summed E-state index contributed by atoms with van der Waals surface area (Å²) in [7, 11) is 0. The van der Waals surface area contributed by atoms with E-state index in [1.54, 1.807) is 0 Å². The van der Waals surface area contributed by atoms with E-state index in [9.17, 15) is 0 Å². The van der Waals surface area contributed by atoms with Gasteiger partial charge in [-0.05, 0) is 25.3 Å². The fourth-order valence-electron chi connectivity index (χ4n) is 1.21. The summed E-state index contributed by atoms with van der Waals surface area (Å²) in [6.45, 7) is 3.26. The van der Waals surface area contributed by atoms with Crippen LogP contribution in [0.25, 0.3) is 0 Å². The molecule has 4 nitrogen and oxygen atoms in total. The molecule has 0 aromatic heterocycles. The van der Waals surface area contributed by atoms with Crippen LogP contribution in [0.5, 0.6) is 0 Å². The van der Waals surface area contributed by atoms with Crippen molar-refractivity contribution in [2.45, 2.75) is 31.8 Å². The smallest absolute Gasteiger partial charge is 0.0319 e. The van der Waals surface area contributed by atoms with E-state index in [1.165, 1.54) is 0 Å². The Kier molecular flexibility index (Phi) is 6.28. The molecule has 0 saturated carbocycles. The molecule has 12 heavy (non-hydrogen) atoms. The lowest BCUT2D eigenvalue weighted by Gasteiger charge is -2.24.